The number of hydrogen-bond acceptors (Lipinski definition) is 5. The molecule has 0 atom stereocenters. The van der Waals surface area contributed by atoms with Gasteiger partial charge in [0.25, 0.3) is 0 Å². The number of halogens is 1. The van der Waals surface area contributed by atoms with Crippen LogP contribution in [-0.4, -0.2) is 36.1 Å². The summed E-state index contributed by atoms with van der Waals surface area (Å²) in [5, 5.41) is 6.94. The van der Waals surface area contributed by atoms with E-state index in [1.807, 2.05) is 24.3 Å². The van der Waals surface area contributed by atoms with Gasteiger partial charge in [-0.25, -0.2) is 22.8 Å². The average Bonchev–Trinajstić information content (AvgIpc) is 3.15. The smallest absolute Gasteiger partial charge is 0.248 e. The SMILES string of the molecule is CNS(=O)(=O)c1ccc(CCC(=O)Nc2ncn(Cc3ccc(Br)cc3)n2)cc1. The fourth-order valence-electron chi connectivity index (χ4n) is 2.60. The predicted molar refractivity (Wildman–Crippen MR) is 113 cm³/mol. The summed E-state index contributed by atoms with van der Waals surface area (Å²) in [5.74, 6) is 0.0425. The van der Waals surface area contributed by atoms with Crippen molar-refractivity contribution in [2.24, 2.45) is 0 Å². The standard InChI is InChI=1S/C19H20BrN5O3S/c1-21-29(27,28)17-9-4-14(5-10-17)6-11-18(26)23-19-22-13-25(24-19)12-15-2-7-16(20)8-3-15/h2-5,7-10,13,21H,6,11-12H2,1H3,(H,23,24,26). The summed E-state index contributed by atoms with van der Waals surface area (Å²) < 4.78 is 28.4. The fraction of sp³-hybridized carbons (Fsp3) is 0.211. The lowest BCUT2D eigenvalue weighted by atomic mass is 10.1. The molecule has 1 heterocycles. The Balaban J connectivity index is 1.51. The highest BCUT2D eigenvalue weighted by atomic mass is 79.9. The summed E-state index contributed by atoms with van der Waals surface area (Å²) in [5.41, 5.74) is 1.93. The third-order valence-electron chi connectivity index (χ3n) is 4.19. The second-order valence-electron chi connectivity index (χ2n) is 6.29. The van der Waals surface area contributed by atoms with Crippen molar-refractivity contribution in [1.82, 2.24) is 19.5 Å². The Labute approximate surface area is 177 Å². The number of amides is 1. The lowest BCUT2D eigenvalue weighted by Crippen LogP contribution is -2.18. The van der Waals surface area contributed by atoms with Crippen LogP contribution in [0.2, 0.25) is 0 Å². The number of nitrogens with zero attached hydrogens (tertiary/aromatic N) is 3. The van der Waals surface area contributed by atoms with E-state index in [1.54, 1.807) is 23.1 Å². The molecule has 3 aromatic rings. The van der Waals surface area contributed by atoms with Gasteiger partial charge in [-0.2, -0.15) is 0 Å². The minimum absolute atomic E-state index is 0.189. The Bertz CT molecular complexity index is 1080. The monoisotopic (exact) mass is 477 g/mol. The summed E-state index contributed by atoms with van der Waals surface area (Å²) in [7, 11) is -2.10. The molecular formula is C19H20BrN5O3S. The summed E-state index contributed by atoms with van der Waals surface area (Å²) in [6.45, 7) is 0.554. The zero-order chi connectivity index (χ0) is 20.9. The first-order valence-corrected chi connectivity index (χ1v) is 11.1. The van der Waals surface area contributed by atoms with Crippen molar-refractivity contribution in [2.45, 2.75) is 24.3 Å². The van der Waals surface area contributed by atoms with Gasteiger partial charge in [-0.05, 0) is 48.9 Å². The molecule has 0 aliphatic carbocycles. The van der Waals surface area contributed by atoms with Crippen molar-refractivity contribution in [3.05, 3.63) is 70.5 Å². The number of carbonyl (C=O) groups excluding carboxylic acids is 1. The van der Waals surface area contributed by atoms with E-state index in [4.69, 9.17) is 0 Å². The number of aryl methyl sites for hydroxylation is 1. The zero-order valence-corrected chi connectivity index (χ0v) is 18.1. The van der Waals surface area contributed by atoms with E-state index < -0.39 is 10.0 Å². The number of anilines is 1. The van der Waals surface area contributed by atoms with Gasteiger partial charge in [0, 0.05) is 10.9 Å². The average molecular weight is 478 g/mol. The highest BCUT2D eigenvalue weighted by Crippen LogP contribution is 2.13. The first-order chi connectivity index (χ1) is 13.9. The predicted octanol–water partition coefficient (Wildman–Crippen LogP) is 2.57. The molecule has 152 valence electrons. The van der Waals surface area contributed by atoms with Gasteiger partial charge in [0.1, 0.15) is 6.33 Å². The number of hydrogen-bond donors (Lipinski definition) is 2. The Morgan fingerprint density at radius 3 is 2.38 bits per heavy atom. The number of rotatable bonds is 8. The second kappa shape index (κ2) is 9.29. The summed E-state index contributed by atoms with van der Waals surface area (Å²) in [4.78, 5) is 16.5. The van der Waals surface area contributed by atoms with Crippen molar-refractivity contribution in [3.8, 4) is 0 Å². The molecule has 0 spiro atoms. The van der Waals surface area contributed by atoms with Gasteiger partial charge < -0.3 is 0 Å². The molecule has 0 bridgehead atoms. The first kappa shape index (κ1) is 21.2. The van der Waals surface area contributed by atoms with Crippen LogP contribution in [0.25, 0.3) is 0 Å². The molecule has 10 heteroatoms. The largest absolute Gasteiger partial charge is 0.293 e. The normalized spacial score (nSPS) is 11.4. The van der Waals surface area contributed by atoms with E-state index in [0.29, 0.717) is 13.0 Å². The number of aromatic nitrogens is 3. The summed E-state index contributed by atoms with van der Waals surface area (Å²) in [6.07, 6.45) is 2.28. The Hall–Kier alpha value is -2.56. The molecule has 8 nitrogen and oxygen atoms in total. The molecule has 0 saturated carbocycles. The van der Waals surface area contributed by atoms with E-state index in [2.05, 4.69) is 36.1 Å². The first-order valence-electron chi connectivity index (χ1n) is 8.82. The molecule has 3 rings (SSSR count). The molecule has 0 radical (unpaired) electrons. The number of benzene rings is 2. The van der Waals surface area contributed by atoms with Gasteiger partial charge in [0.2, 0.25) is 21.9 Å². The molecule has 0 aliphatic rings. The maximum Gasteiger partial charge on any atom is 0.248 e. The van der Waals surface area contributed by atoms with E-state index >= 15 is 0 Å². The molecule has 1 aromatic heterocycles. The van der Waals surface area contributed by atoms with Gasteiger partial charge in [-0.1, -0.05) is 40.2 Å². The number of nitrogens with one attached hydrogen (secondary N) is 2. The fourth-order valence-corrected chi connectivity index (χ4v) is 3.60. The van der Waals surface area contributed by atoms with Crippen molar-refractivity contribution >= 4 is 37.8 Å². The third kappa shape index (κ3) is 5.96. The van der Waals surface area contributed by atoms with E-state index in [-0.39, 0.29) is 23.2 Å². The maximum atomic E-state index is 12.2. The molecule has 0 unspecified atom stereocenters. The van der Waals surface area contributed by atoms with Crippen LogP contribution >= 0.6 is 15.9 Å². The topological polar surface area (TPSA) is 106 Å². The van der Waals surface area contributed by atoms with Gasteiger partial charge in [0.15, 0.2) is 0 Å². The quantitative estimate of drug-likeness (QED) is 0.518. The summed E-state index contributed by atoms with van der Waals surface area (Å²) >= 11 is 3.40. The molecule has 0 aliphatic heterocycles. The highest BCUT2D eigenvalue weighted by molar-refractivity contribution is 9.10. The van der Waals surface area contributed by atoms with Crippen LogP contribution in [0, 0.1) is 0 Å². The van der Waals surface area contributed by atoms with Crippen LogP contribution in [0.15, 0.2) is 64.2 Å². The lowest BCUT2D eigenvalue weighted by Gasteiger charge is -2.05. The molecule has 29 heavy (non-hydrogen) atoms. The lowest BCUT2D eigenvalue weighted by molar-refractivity contribution is -0.116. The van der Waals surface area contributed by atoms with Gasteiger partial charge >= 0.3 is 0 Å². The van der Waals surface area contributed by atoms with Crippen molar-refractivity contribution in [1.29, 1.82) is 0 Å². The van der Waals surface area contributed by atoms with E-state index in [9.17, 15) is 13.2 Å². The maximum absolute atomic E-state index is 12.2. The summed E-state index contributed by atoms with van der Waals surface area (Å²) in [6, 6.07) is 14.3. The highest BCUT2D eigenvalue weighted by Gasteiger charge is 2.11. The minimum Gasteiger partial charge on any atom is -0.293 e. The van der Waals surface area contributed by atoms with E-state index in [1.165, 1.54) is 19.2 Å². The molecule has 0 fully saturated rings. The van der Waals surface area contributed by atoms with Gasteiger partial charge in [0.05, 0.1) is 11.4 Å². The zero-order valence-electron chi connectivity index (χ0n) is 15.7. The molecule has 1 amide bonds. The minimum atomic E-state index is -3.46. The molecule has 2 N–H and O–H groups in total. The van der Waals surface area contributed by atoms with Crippen LogP contribution in [0.4, 0.5) is 5.95 Å². The Morgan fingerprint density at radius 2 is 1.72 bits per heavy atom. The van der Waals surface area contributed by atoms with Crippen molar-refractivity contribution in [2.75, 3.05) is 12.4 Å². The van der Waals surface area contributed by atoms with Gasteiger partial charge in [-0.3, -0.25) is 10.1 Å². The van der Waals surface area contributed by atoms with Crippen LogP contribution < -0.4 is 10.0 Å². The molecular weight excluding hydrogens is 458 g/mol. The molecule has 0 saturated heterocycles. The Morgan fingerprint density at radius 1 is 1.07 bits per heavy atom. The number of sulfonamides is 1. The second-order valence-corrected chi connectivity index (χ2v) is 9.09. The van der Waals surface area contributed by atoms with Crippen LogP contribution in [-0.2, 0) is 27.8 Å². The van der Waals surface area contributed by atoms with Crippen molar-refractivity contribution in [3.63, 3.8) is 0 Å². The van der Waals surface area contributed by atoms with Crippen LogP contribution in [0.1, 0.15) is 17.5 Å². The van der Waals surface area contributed by atoms with E-state index in [0.717, 1.165) is 15.6 Å². The van der Waals surface area contributed by atoms with Crippen molar-refractivity contribution < 1.29 is 13.2 Å². The Kier molecular flexibility index (Phi) is 6.78. The van der Waals surface area contributed by atoms with Crippen LogP contribution in [0.5, 0.6) is 0 Å². The van der Waals surface area contributed by atoms with Crippen LogP contribution in [0.3, 0.4) is 0 Å². The molecule has 2 aromatic carbocycles. The third-order valence-corrected chi connectivity index (χ3v) is 6.15. The number of carbonyl (C=O) groups is 1. The van der Waals surface area contributed by atoms with Gasteiger partial charge in [-0.15, -0.1) is 5.10 Å².